The molecule has 4 heteroatoms. The number of nitrogens with zero attached hydrogens (tertiary/aromatic N) is 2. The van der Waals surface area contributed by atoms with Gasteiger partial charge in [-0.15, -0.1) is 0 Å². The first-order valence-electron chi connectivity index (χ1n) is 5.36. The molecule has 0 radical (unpaired) electrons. The summed E-state index contributed by atoms with van der Waals surface area (Å²) in [5.41, 5.74) is 8.73. The van der Waals surface area contributed by atoms with Crippen LogP contribution in [0.1, 0.15) is 33.4 Å². The number of hydrogen-bond acceptors (Lipinski definition) is 2. The van der Waals surface area contributed by atoms with Gasteiger partial charge in [-0.05, 0) is 87.1 Å². The zero-order valence-corrected chi connectivity index (χ0v) is 11.7. The van der Waals surface area contributed by atoms with Crippen molar-refractivity contribution < 1.29 is 9.59 Å². The lowest BCUT2D eigenvalue weighted by atomic mass is 9.90. The third-order valence-electron chi connectivity index (χ3n) is 3.38. The molecule has 98 valence electrons. The molecule has 0 aromatic heterocycles. The molecule has 0 atom stereocenters. The van der Waals surface area contributed by atoms with Gasteiger partial charge >= 0.3 is 0 Å². The van der Waals surface area contributed by atoms with Gasteiger partial charge in [-0.1, -0.05) is 0 Å². The van der Waals surface area contributed by atoms with Crippen LogP contribution < -0.4 is 0 Å². The number of carbonyl (C=O) groups excluding carboxylic acids is 2. The zero-order chi connectivity index (χ0) is 14.9. The fourth-order valence-electron chi connectivity index (χ4n) is 1.69. The van der Waals surface area contributed by atoms with Gasteiger partial charge in [0, 0.05) is 0 Å². The second kappa shape index (κ2) is 9.06. The van der Waals surface area contributed by atoms with Crippen molar-refractivity contribution in [3.8, 4) is 0 Å². The minimum absolute atomic E-state index is 0.500. The van der Waals surface area contributed by atoms with Crippen molar-refractivity contribution in [2.45, 2.75) is 41.5 Å². The van der Waals surface area contributed by atoms with E-state index in [9.17, 15) is 0 Å². The first kappa shape index (κ1) is 18.3. The van der Waals surface area contributed by atoms with Crippen molar-refractivity contribution in [3.05, 3.63) is 44.2 Å². The topological polar surface area (TPSA) is 78.7 Å². The quantitative estimate of drug-likeness (QED) is 0.520. The Balaban J connectivity index is 0. The van der Waals surface area contributed by atoms with Crippen molar-refractivity contribution in [1.29, 1.82) is 0 Å². The molecule has 0 fully saturated rings. The van der Waals surface area contributed by atoms with E-state index in [1.54, 1.807) is 0 Å². The minimum Gasteiger partial charge on any atom is -0.724 e. The van der Waals surface area contributed by atoms with Crippen molar-refractivity contribution >= 4 is 12.2 Å². The zero-order valence-electron chi connectivity index (χ0n) is 11.7. The smallest absolute Gasteiger partial charge is 0.0159 e. The Hall–Kier alpha value is -2.02. The van der Waals surface area contributed by atoms with Crippen LogP contribution in [0.2, 0.25) is 0 Å². The molecule has 1 aromatic carbocycles. The van der Waals surface area contributed by atoms with E-state index in [1.165, 1.54) is 33.4 Å². The fourth-order valence-corrected chi connectivity index (χ4v) is 1.69. The number of isocyanates is 2. The average molecular weight is 246 g/mol. The highest BCUT2D eigenvalue weighted by atomic mass is 16.1. The summed E-state index contributed by atoms with van der Waals surface area (Å²) in [6, 6.07) is 0. The highest BCUT2D eigenvalue weighted by molar-refractivity contribution is 5.48. The first-order chi connectivity index (χ1) is 8.29. The molecule has 0 bridgehead atoms. The van der Waals surface area contributed by atoms with Gasteiger partial charge in [-0.25, -0.2) is 0 Å². The molecule has 0 aliphatic carbocycles. The Morgan fingerprint density at radius 3 is 0.667 bits per heavy atom. The predicted octanol–water partition coefficient (Wildman–Crippen LogP) is 3.32. The SMILES string of the molecule is Cc1c(C)c(C)c(C)c(C)c1C.[N-]=C=O.[N-]=C=O. The highest BCUT2D eigenvalue weighted by Gasteiger charge is 2.07. The Labute approximate surface area is 108 Å². The normalized spacial score (nSPS) is 7.89. The Morgan fingerprint density at radius 2 is 0.611 bits per heavy atom. The van der Waals surface area contributed by atoms with Crippen molar-refractivity contribution in [1.82, 2.24) is 0 Å². The maximum absolute atomic E-state index is 8.24. The molecule has 4 nitrogen and oxygen atoms in total. The minimum atomic E-state index is 0.500. The van der Waals surface area contributed by atoms with Gasteiger partial charge in [0.05, 0.1) is 0 Å². The van der Waals surface area contributed by atoms with Crippen LogP contribution in [0, 0.1) is 41.5 Å². The first-order valence-corrected chi connectivity index (χ1v) is 5.36. The van der Waals surface area contributed by atoms with E-state index in [4.69, 9.17) is 20.4 Å². The summed E-state index contributed by atoms with van der Waals surface area (Å²) in [6.45, 7) is 13.3. The van der Waals surface area contributed by atoms with Crippen LogP contribution >= 0.6 is 0 Å². The van der Waals surface area contributed by atoms with Crippen molar-refractivity contribution in [3.63, 3.8) is 0 Å². The molecule has 0 N–H and O–H groups in total. The van der Waals surface area contributed by atoms with E-state index in [2.05, 4.69) is 41.5 Å². The molecule has 0 saturated heterocycles. The van der Waals surface area contributed by atoms with Crippen molar-refractivity contribution in [2.24, 2.45) is 0 Å². The summed E-state index contributed by atoms with van der Waals surface area (Å²) in [7, 11) is 0. The Bertz CT molecular complexity index is 362. The van der Waals surface area contributed by atoms with E-state index in [0.717, 1.165) is 0 Å². The van der Waals surface area contributed by atoms with E-state index < -0.39 is 0 Å². The molecule has 0 aliphatic rings. The molecule has 18 heavy (non-hydrogen) atoms. The van der Waals surface area contributed by atoms with Crippen LogP contribution in [0.5, 0.6) is 0 Å². The van der Waals surface area contributed by atoms with Crippen LogP contribution in [0.15, 0.2) is 0 Å². The molecule has 1 rings (SSSR count). The molecule has 0 amide bonds. The van der Waals surface area contributed by atoms with E-state index in [-0.39, 0.29) is 0 Å². The third kappa shape index (κ3) is 4.88. The molecule has 1 aromatic rings. The van der Waals surface area contributed by atoms with Crippen LogP contribution in [0.3, 0.4) is 0 Å². The molecule has 0 aliphatic heterocycles. The van der Waals surface area contributed by atoms with Crippen LogP contribution in [0.4, 0.5) is 0 Å². The van der Waals surface area contributed by atoms with Gasteiger partial charge in [0.2, 0.25) is 0 Å². The van der Waals surface area contributed by atoms with Gasteiger partial charge in [0.1, 0.15) is 0 Å². The van der Waals surface area contributed by atoms with Crippen LogP contribution in [0.25, 0.3) is 10.8 Å². The Kier molecular flexibility index (Phi) is 9.23. The van der Waals surface area contributed by atoms with Crippen LogP contribution in [-0.4, -0.2) is 12.2 Å². The molecule has 0 unspecified atom stereocenters. The maximum atomic E-state index is 8.24. The largest absolute Gasteiger partial charge is 0.724 e. The predicted molar refractivity (Wildman–Crippen MR) is 73.0 cm³/mol. The maximum Gasteiger partial charge on any atom is -0.0159 e. The summed E-state index contributed by atoms with van der Waals surface area (Å²) >= 11 is 0. The lowest BCUT2D eigenvalue weighted by molar-refractivity contribution is 0.568. The lowest BCUT2D eigenvalue weighted by Gasteiger charge is -2.15. The standard InChI is InChI=1S/C12H18.2CNO/c1-7-8(2)10(4)12(6)11(5)9(7)3;2*2-1-3/h1-6H3;;/q;2*-1. The summed E-state index contributed by atoms with van der Waals surface area (Å²) < 4.78 is 0. The van der Waals surface area contributed by atoms with Crippen LogP contribution in [-0.2, 0) is 9.59 Å². The highest BCUT2D eigenvalue weighted by Crippen LogP contribution is 2.24. The molecule has 0 spiro atoms. The fraction of sp³-hybridized carbons (Fsp3) is 0.429. The molecular weight excluding hydrogens is 228 g/mol. The van der Waals surface area contributed by atoms with Gasteiger partial charge < -0.3 is 10.8 Å². The monoisotopic (exact) mass is 246 g/mol. The number of benzene rings is 1. The number of rotatable bonds is 0. The Morgan fingerprint density at radius 1 is 0.556 bits per heavy atom. The van der Waals surface area contributed by atoms with Gasteiger partial charge in [-0.3, -0.25) is 9.59 Å². The number of hydrogen-bond donors (Lipinski definition) is 0. The summed E-state index contributed by atoms with van der Waals surface area (Å²) in [5, 5.41) is 13.5. The van der Waals surface area contributed by atoms with Crippen molar-refractivity contribution in [2.75, 3.05) is 0 Å². The van der Waals surface area contributed by atoms with Gasteiger partial charge in [-0.2, -0.15) is 0 Å². The third-order valence-corrected chi connectivity index (χ3v) is 3.38. The molecule has 0 saturated carbocycles. The van der Waals surface area contributed by atoms with E-state index in [0.29, 0.717) is 12.2 Å². The van der Waals surface area contributed by atoms with E-state index >= 15 is 0 Å². The summed E-state index contributed by atoms with van der Waals surface area (Å²) in [4.78, 5) is 16.5. The molecular formula is C14H18N2O2-2. The lowest BCUT2D eigenvalue weighted by Crippen LogP contribution is -1.98. The van der Waals surface area contributed by atoms with Gasteiger partial charge in [0.15, 0.2) is 0 Å². The second-order valence-electron chi connectivity index (χ2n) is 3.93. The average Bonchev–Trinajstić information content (AvgIpc) is 2.34. The molecule has 0 heterocycles. The summed E-state index contributed by atoms with van der Waals surface area (Å²) in [5.74, 6) is 0. The van der Waals surface area contributed by atoms with Gasteiger partial charge in [0.25, 0.3) is 0 Å². The second-order valence-corrected chi connectivity index (χ2v) is 3.93. The summed E-state index contributed by atoms with van der Waals surface area (Å²) in [6.07, 6.45) is 1.00. The van der Waals surface area contributed by atoms with E-state index in [1.807, 2.05) is 0 Å².